The van der Waals surface area contributed by atoms with Gasteiger partial charge in [0.25, 0.3) is 5.91 Å². The number of ether oxygens (including phenoxy) is 1. The number of hydrogen-bond acceptors (Lipinski definition) is 4. The Labute approximate surface area is 189 Å². The smallest absolute Gasteiger partial charge is 0.274 e. The standard InChI is InChI=1S/C25H33FN4O2/c26-22-8-2-1-5-19(22)16-29-12-10-18(11-13-29)15-30(17-20-6-4-14-32-20)25(31)24-21-7-3-9-23(21)27-28-24/h1-2,5,8,18,20H,3-4,6-7,9-17H2,(H,27,28). The molecule has 1 amide bonds. The fourth-order valence-electron chi connectivity index (χ4n) is 5.43. The van der Waals surface area contributed by atoms with Crippen molar-refractivity contribution in [1.29, 1.82) is 0 Å². The molecular formula is C25H33FN4O2. The van der Waals surface area contributed by atoms with Crippen molar-refractivity contribution < 1.29 is 13.9 Å². The first-order valence-corrected chi connectivity index (χ1v) is 12.1. The third-order valence-electron chi connectivity index (χ3n) is 7.28. The zero-order chi connectivity index (χ0) is 21.9. The summed E-state index contributed by atoms with van der Waals surface area (Å²) in [5.74, 6) is 0.368. The number of amides is 1. The fraction of sp³-hybridized carbons (Fsp3) is 0.600. The highest BCUT2D eigenvalue weighted by Gasteiger charge is 2.31. The van der Waals surface area contributed by atoms with E-state index in [4.69, 9.17) is 4.74 Å². The van der Waals surface area contributed by atoms with Crippen LogP contribution >= 0.6 is 0 Å². The number of piperidine rings is 1. The van der Waals surface area contributed by atoms with Crippen LogP contribution in [0.5, 0.6) is 0 Å². The van der Waals surface area contributed by atoms with Crippen LogP contribution < -0.4 is 0 Å². The molecule has 0 radical (unpaired) electrons. The van der Waals surface area contributed by atoms with Crippen LogP contribution in [-0.4, -0.2) is 64.8 Å². The van der Waals surface area contributed by atoms with Crippen LogP contribution in [0, 0.1) is 11.7 Å². The number of H-pyrrole nitrogens is 1. The third kappa shape index (κ3) is 4.74. The van der Waals surface area contributed by atoms with Gasteiger partial charge in [-0.05, 0) is 70.0 Å². The minimum Gasteiger partial charge on any atom is -0.376 e. The topological polar surface area (TPSA) is 61.5 Å². The van der Waals surface area contributed by atoms with Crippen molar-refractivity contribution in [3.63, 3.8) is 0 Å². The zero-order valence-corrected chi connectivity index (χ0v) is 18.7. The molecule has 2 aliphatic heterocycles. The zero-order valence-electron chi connectivity index (χ0n) is 18.7. The maximum absolute atomic E-state index is 14.0. The lowest BCUT2D eigenvalue weighted by Gasteiger charge is -2.35. The number of carbonyl (C=O) groups is 1. The molecule has 6 nitrogen and oxygen atoms in total. The van der Waals surface area contributed by atoms with E-state index in [0.717, 1.165) is 88.0 Å². The molecule has 7 heteroatoms. The number of fused-ring (bicyclic) bond motifs is 1. The molecule has 1 N–H and O–H groups in total. The molecule has 1 aromatic heterocycles. The Bertz CT molecular complexity index is 932. The summed E-state index contributed by atoms with van der Waals surface area (Å²) in [5.41, 5.74) is 3.62. The highest BCUT2D eigenvalue weighted by molar-refractivity contribution is 5.94. The molecule has 5 rings (SSSR count). The van der Waals surface area contributed by atoms with E-state index in [9.17, 15) is 9.18 Å². The molecule has 172 valence electrons. The number of aryl methyl sites for hydroxylation is 1. The summed E-state index contributed by atoms with van der Waals surface area (Å²) in [6.45, 7) is 4.69. The van der Waals surface area contributed by atoms with Crippen LogP contribution in [0.3, 0.4) is 0 Å². The first kappa shape index (κ1) is 21.6. The monoisotopic (exact) mass is 440 g/mol. The number of aromatic amines is 1. The quantitative estimate of drug-likeness (QED) is 0.715. The van der Waals surface area contributed by atoms with Crippen molar-refractivity contribution in [2.75, 3.05) is 32.8 Å². The van der Waals surface area contributed by atoms with Crippen LogP contribution in [0.1, 0.15) is 59.4 Å². The molecule has 0 bridgehead atoms. The summed E-state index contributed by atoms with van der Waals surface area (Å²) < 4.78 is 19.9. The van der Waals surface area contributed by atoms with Crippen molar-refractivity contribution in [3.8, 4) is 0 Å². The van der Waals surface area contributed by atoms with Crippen molar-refractivity contribution >= 4 is 5.91 Å². The highest BCUT2D eigenvalue weighted by atomic mass is 19.1. The Hall–Kier alpha value is -2.25. The molecule has 2 fully saturated rings. The fourth-order valence-corrected chi connectivity index (χ4v) is 5.43. The lowest BCUT2D eigenvalue weighted by atomic mass is 9.95. The molecule has 32 heavy (non-hydrogen) atoms. The van der Waals surface area contributed by atoms with Gasteiger partial charge in [0.1, 0.15) is 5.82 Å². The predicted octanol–water partition coefficient (Wildman–Crippen LogP) is 3.57. The average molecular weight is 441 g/mol. The van der Waals surface area contributed by atoms with Crippen LogP contribution in [0.25, 0.3) is 0 Å². The first-order valence-electron chi connectivity index (χ1n) is 12.1. The van der Waals surface area contributed by atoms with Gasteiger partial charge in [0.15, 0.2) is 5.69 Å². The minimum atomic E-state index is -0.130. The highest BCUT2D eigenvalue weighted by Crippen LogP contribution is 2.27. The Morgan fingerprint density at radius 1 is 1.16 bits per heavy atom. The number of benzene rings is 1. The summed E-state index contributed by atoms with van der Waals surface area (Å²) in [5, 5.41) is 7.48. The van der Waals surface area contributed by atoms with Crippen LogP contribution in [0.2, 0.25) is 0 Å². The SMILES string of the molecule is O=C(c1n[nH]c2c1CCC2)N(CC1CCN(Cc2ccccc2F)CC1)CC1CCCO1. The van der Waals surface area contributed by atoms with Gasteiger partial charge in [0, 0.05) is 43.1 Å². The summed E-state index contributed by atoms with van der Waals surface area (Å²) in [4.78, 5) is 17.8. The van der Waals surface area contributed by atoms with Crippen molar-refractivity contribution in [2.45, 2.75) is 57.6 Å². The number of rotatable bonds is 7. The summed E-state index contributed by atoms with van der Waals surface area (Å²) in [6.07, 6.45) is 7.27. The molecule has 1 aliphatic carbocycles. The van der Waals surface area contributed by atoms with Gasteiger partial charge < -0.3 is 9.64 Å². The van der Waals surface area contributed by atoms with Gasteiger partial charge >= 0.3 is 0 Å². The molecule has 3 heterocycles. The number of hydrogen-bond donors (Lipinski definition) is 1. The molecule has 1 aromatic carbocycles. The van der Waals surface area contributed by atoms with Gasteiger partial charge in [-0.3, -0.25) is 14.8 Å². The number of aromatic nitrogens is 2. The van der Waals surface area contributed by atoms with E-state index in [0.29, 0.717) is 24.7 Å². The lowest BCUT2D eigenvalue weighted by Crippen LogP contribution is -2.44. The molecule has 1 unspecified atom stereocenters. The Morgan fingerprint density at radius 2 is 2.00 bits per heavy atom. The van der Waals surface area contributed by atoms with Crippen molar-refractivity contribution in [2.24, 2.45) is 5.92 Å². The summed E-state index contributed by atoms with van der Waals surface area (Å²) in [7, 11) is 0. The Balaban J connectivity index is 1.22. The van der Waals surface area contributed by atoms with Crippen LogP contribution in [0.4, 0.5) is 4.39 Å². The van der Waals surface area contributed by atoms with E-state index in [1.807, 2.05) is 17.0 Å². The van der Waals surface area contributed by atoms with Crippen LogP contribution in [0.15, 0.2) is 24.3 Å². The van der Waals surface area contributed by atoms with E-state index in [1.54, 1.807) is 6.07 Å². The second-order valence-corrected chi connectivity index (χ2v) is 9.54. The molecule has 2 aromatic rings. The second kappa shape index (κ2) is 9.71. The maximum Gasteiger partial charge on any atom is 0.274 e. The summed E-state index contributed by atoms with van der Waals surface area (Å²) in [6, 6.07) is 7.03. The van der Waals surface area contributed by atoms with E-state index >= 15 is 0 Å². The van der Waals surface area contributed by atoms with Gasteiger partial charge in [0.05, 0.1) is 6.10 Å². The second-order valence-electron chi connectivity index (χ2n) is 9.54. The van der Waals surface area contributed by atoms with Crippen molar-refractivity contribution in [1.82, 2.24) is 20.0 Å². The minimum absolute atomic E-state index is 0.0497. The Morgan fingerprint density at radius 3 is 2.78 bits per heavy atom. The van der Waals surface area contributed by atoms with Crippen molar-refractivity contribution in [3.05, 3.63) is 52.6 Å². The summed E-state index contributed by atoms with van der Waals surface area (Å²) >= 11 is 0. The maximum atomic E-state index is 14.0. The number of likely N-dealkylation sites (tertiary alicyclic amines) is 1. The molecule has 2 saturated heterocycles. The van der Waals surface area contributed by atoms with E-state index < -0.39 is 0 Å². The van der Waals surface area contributed by atoms with Crippen LogP contribution in [-0.2, 0) is 24.1 Å². The third-order valence-corrected chi connectivity index (χ3v) is 7.28. The molecular weight excluding hydrogens is 407 g/mol. The number of nitrogens with one attached hydrogen (secondary N) is 1. The van der Waals surface area contributed by atoms with Gasteiger partial charge in [-0.2, -0.15) is 5.10 Å². The molecule has 3 aliphatic rings. The van der Waals surface area contributed by atoms with Gasteiger partial charge in [-0.1, -0.05) is 18.2 Å². The number of carbonyl (C=O) groups excluding carboxylic acids is 1. The number of nitrogens with zero attached hydrogens (tertiary/aromatic N) is 3. The van der Waals surface area contributed by atoms with E-state index in [-0.39, 0.29) is 17.8 Å². The largest absolute Gasteiger partial charge is 0.376 e. The molecule has 1 atom stereocenters. The predicted molar refractivity (Wildman–Crippen MR) is 120 cm³/mol. The average Bonchev–Trinajstić information content (AvgIpc) is 3.54. The van der Waals surface area contributed by atoms with E-state index in [1.165, 1.54) is 6.07 Å². The number of halogens is 1. The molecule has 0 saturated carbocycles. The lowest BCUT2D eigenvalue weighted by molar-refractivity contribution is 0.0439. The normalized spacial score (nSPS) is 21.7. The molecule has 0 spiro atoms. The van der Waals surface area contributed by atoms with Gasteiger partial charge in [-0.25, -0.2) is 4.39 Å². The van der Waals surface area contributed by atoms with E-state index in [2.05, 4.69) is 15.1 Å². The Kier molecular flexibility index (Phi) is 6.55. The van der Waals surface area contributed by atoms with Gasteiger partial charge in [0.2, 0.25) is 0 Å². The first-order chi connectivity index (χ1) is 15.7. The van der Waals surface area contributed by atoms with Gasteiger partial charge in [-0.15, -0.1) is 0 Å².